The van der Waals surface area contributed by atoms with Gasteiger partial charge in [-0.05, 0) is 23.8 Å². The topological polar surface area (TPSA) is 93.1 Å². The highest BCUT2D eigenvalue weighted by Crippen LogP contribution is 2.33. The van der Waals surface area contributed by atoms with Crippen molar-refractivity contribution in [2.75, 3.05) is 13.7 Å². The number of esters is 1. The number of amides is 1. The fraction of sp³-hybridized carbons (Fsp3) is 0.250. The fourth-order valence-electron chi connectivity index (χ4n) is 2.10. The number of thioether (sulfide) groups is 1. The zero-order valence-electron chi connectivity index (χ0n) is 13.5. The summed E-state index contributed by atoms with van der Waals surface area (Å²) in [6.45, 7) is 0.882. The minimum Gasteiger partial charge on any atom is -0.496 e. The van der Waals surface area contributed by atoms with E-state index in [1.807, 2.05) is 0 Å². The number of rotatable bonds is 6. The van der Waals surface area contributed by atoms with Crippen molar-refractivity contribution in [1.82, 2.24) is 4.90 Å². The predicted octanol–water partition coefficient (Wildman–Crippen LogP) is 2.04. The third kappa shape index (κ3) is 4.80. The molecule has 25 heavy (non-hydrogen) atoms. The Morgan fingerprint density at radius 2 is 2.12 bits per heavy atom. The second-order valence-electron chi connectivity index (χ2n) is 5.01. The maximum absolute atomic E-state index is 12.3. The van der Waals surface area contributed by atoms with E-state index in [0.29, 0.717) is 21.8 Å². The standard InChI is InChI=1S/C16H15NO6S2/c1-9(18)23-8-11-5-10(3-4-12(11)22-2)6-13-15(21)17(7-14(19)20)16(24)25-13/h3-6H,7-8H2,1-2H3,(H,19,20). The third-order valence-corrected chi connectivity index (χ3v) is 4.58. The van der Waals surface area contributed by atoms with Crippen molar-refractivity contribution in [3.8, 4) is 5.75 Å². The monoisotopic (exact) mass is 381 g/mol. The number of aliphatic carboxylic acids is 1. The molecule has 0 aromatic heterocycles. The average Bonchev–Trinajstić information content (AvgIpc) is 2.80. The molecule has 1 heterocycles. The number of thiocarbonyl (C=S) groups is 1. The first-order chi connectivity index (χ1) is 11.8. The van der Waals surface area contributed by atoms with Crippen LogP contribution in [0.15, 0.2) is 23.1 Å². The lowest BCUT2D eigenvalue weighted by Crippen LogP contribution is -2.33. The molecule has 0 saturated carbocycles. The first kappa shape index (κ1) is 18.9. The van der Waals surface area contributed by atoms with Crippen LogP contribution in [0.25, 0.3) is 6.08 Å². The molecule has 7 nitrogen and oxygen atoms in total. The lowest BCUT2D eigenvalue weighted by molar-refractivity contribution is -0.142. The van der Waals surface area contributed by atoms with Crippen molar-refractivity contribution in [3.05, 3.63) is 34.2 Å². The molecule has 0 spiro atoms. The van der Waals surface area contributed by atoms with Gasteiger partial charge in [0.15, 0.2) is 0 Å². The van der Waals surface area contributed by atoms with E-state index >= 15 is 0 Å². The zero-order valence-corrected chi connectivity index (χ0v) is 15.1. The van der Waals surface area contributed by atoms with Crippen LogP contribution < -0.4 is 4.74 Å². The summed E-state index contributed by atoms with van der Waals surface area (Å²) in [5, 5.41) is 8.85. The van der Waals surface area contributed by atoms with Gasteiger partial charge in [0.25, 0.3) is 5.91 Å². The number of benzene rings is 1. The number of carbonyl (C=O) groups is 3. The quantitative estimate of drug-likeness (QED) is 0.455. The molecule has 1 aliphatic heterocycles. The van der Waals surface area contributed by atoms with Crippen LogP contribution in [0.5, 0.6) is 5.75 Å². The summed E-state index contributed by atoms with van der Waals surface area (Å²) in [7, 11) is 1.50. The molecular formula is C16H15NO6S2. The lowest BCUT2D eigenvalue weighted by atomic mass is 10.1. The third-order valence-electron chi connectivity index (χ3n) is 3.20. The van der Waals surface area contributed by atoms with Crippen molar-refractivity contribution in [1.29, 1.82) is 0 Å². The number of carbonyl (C=O) groups excluding carboxylic acids is 2. The largest absolute Gasteiger partial charge is 0.496 e. The summed E-state index contributed by atoms with van der Waals surface area (Å²) in [5.74, 6) is -1.45. The van der Waals surface area contributed by atoms with Gasteiger partial charge in [0.05, 0.1) is 12.0 Å². The Morgan fingerprint density at radius 3 is 2.72 bits per heavy atom. The smallest absolute Gasteiger partial charge is 0.323 e. The van der Waals surface area contributed by atoms with Gasteiger partial charge in [-0.2, -0.15) is 0 Å². The second kappa shape index (κ2) is 8.13. The van der Waals surface area contributed by atoms with E-state index < -0.39 is 24.4 Å². The molecule has 1 aromatic rings. The Bertz CT molecular complexity index is 774. The number of hydrogen-bond acceptors (Lipinski definition) is 7. The highest BCUT2D eigenvalue weighted by molar-refractivity contribution is 8.26. The summed E-state index contributed by atoms with van der Waals surface area (Å²) < 4.78 is 10.4. The molecule has 9 heteroatoms. The van der Waals surface area contributed by atoms with E-state index in [4.69, 9.17) is 26.8 Å². The maximum atomic E-state index is 12.3. The van der Waals surface area contributed by atoms with Gasteiger partial charge in [0, 0.05) is 12.5 Å². The SMILES string of the molecule is COc1ccc(C=C2SC(=S)N(CC(=O)O)C2=O)cc1COC(C)=O. The number of carboxylic acids is 1. The van der Waals surface area contributed by atoms with Crippen LogP contribution in [0.2, 0.25) is 0 Å². The lowest BCUT2D eigenvalue weighted by Gasteiger charge is -2.10. The molecule has 0 bridgehead atoms. The first-order valence-corrected chi connectivity index (χ1v) is 8.31. The van der Waals surface area contributed by atoms with E-state index in [1.54, 1.807) is 24.3 Å². The van der Waals surface area contributed by atoms with Gasteiger partial charge in [-0.25, -0.2) is 0 Å². The van der Waals surface area contributed by atoms with Crippen molar-refractivity contribution in [3.63, 3.8) is 0 Å². The Labute approximate surface area is 153 Å². The Hall–Kier alpha value is -2.39. The van der Waals surface area contributed by atoms with Crippen LogP contribution in [0.1, 0.15) is 18.1 Å². The van der Waals surface area contributed by atoms with Crippen LogP contribution >= 0.6 is 24.0 Å². The molecule has 1 N–H and O–H groups in total. The molecule has 1 saturated heterocycles. The second-order valence-corrected chi connectivity index (χ2v) is 6.69. The summed E-state index contributed by atoms with van der Waals surface area (Å²) in [5.41, 5.74) is 1.33. The normalized spacial score (nSPS) is 15.6. The Morgan fingerprint density at radius 1 is 1.40 bits per heavy atom. The van der Waals surface area contributed by atoms with E-state index in [-0.39, 0.29) is 10.9 Å². The molecular weight excluding hydrogens is 366 g/mol. The molecule has 1 aliphatic rings. The van der Waals surface area contributed by atoms with Crippen LogP contribution in [-0.4, -0.2) is 45.8 Å². The number of methoxy groups -OCH3 is 1. The fourth-order valence-corrected chi connectivity index (χ4v) is 3.36. The van der Waals surface area contributed by atoms with E-state index in [9.17, 15) is 14.4 Å². The highest BCUT2D eigenvalue weighted by atomic mass is 32.2. The molecule has 1 fully saturated rings. The highest BCUT2D eigenvalue weighted by Gasteiger charge is 2.33. The van der Waals surface area contributed by atoms with Crippen LogP contribution in [-0.2, 0) is 25.7 Å². The van der Waals surface area contributed by atoms with Gasteiger partial charge in [-0.1, -0.05) is 30.0 Å². The van der Waals surface area contributed by atoms with E-state index in [2.05, 4.69) is 0 Å². The summed E-state index contributed by atoms with van der Waals surface area (Å²) >= 11 is 6.09. The van der Waals surface area contributed by atoms with Crippen LogP contribution in [0.3, 0.4) is 0 Å². The Balaban J connectivity index is 2.27. The van der Waals surface area contributed by atoms with Gasteiger partial charge in [-0.3, -0.25) is 19.3 Å². The number of nitrogens with zero attached hydrogens (tertiary/aromatic N) is 1. The minimum atomic E-state index is -1.13. The number of ether oxygens (including phenoxy) is 2. The van der Waals surface area contributed by atoms with Gasteiger partial charge >= 0.3 is 11.9 Å². The van der Waals surface area contributed by atoms with Gasteiger partial charge in [0.2, 0.25) is 0 Å². The van der Waals surface area contributed by atoms with E-state index in [0.717, 1.165) is 16.7 Å². The van der Waals surface area contributed by atoms with Crippen LogP contribution in [0, 0.1) is 0 Å². The summed E-state index contributed by atoms with van der Waals surface area (Å²) in [6.07, 6.45) is 1.61. The maximum Gasteiger partial charge on any atom is 0.323 e. The molecule has 0 unspecified atom stereocenters. The van der Waals surface area contributed by atoms with Gasteiger partial charge < -0.3 is 14.6 Å². The van der Waals surface area contributed by atoms with Crippen molar-refractivity contribution in [2.45, 2.75) is 13.5 Å². The summed E-state index contributed by atoms with van der Waals surface area (Å²) in [4.78, 5) is 35.4. The molecule has 0 aliphatic carbocycles. The van der Waals surface area contributed by atoms with Crippen molar-refractivity contribution in [2.24, 2.45) is 0 Å². The predicted molar refractivity (Wildman–Crippen MR) is 96.0 cm³/mol. The number of hydrogen-bond donors (Lipinski definition) is 1. The molecule has 2 rings (SSSR count). The van der Waals surface area contributed by atoms with Crippen LogP contribution in [0.4, 0.5) is 0 Å². The Kier molecular flexibility index (Phi) is 6.16. The molecule has 0 radical (unpaired) electrons. The summed E-state index contributed by atoms with van der Waals surface area (Å²) in [6, 6.07) is 5.16. The van der Waals surface area contributed by atoms with Gasteiger partial charge in [0.1, 0.15) is 23.2 Å². The zero-order chi connectivity index (χ0) is 18.6. The van der Waals surface area contributed by atoms with Gasteiger partial charge in [-0.15, -0.1) is 0 Å². The molecule has 132 valence electrons. The molecule has 0 atom stereocenters. The first-order valence-electron chi connectivity index (χ1n) is 7.09. The molecule has 1 amide bonds. The van der Waals surface area contributed by atoms with Crippen molar-refractivity contribution < 1.29 is 29.0 Å². The number of carboxylic acid groups (broad SMARTS) is 1. The van der Waals surface area contributed by atoms with E-state index in [1.165, 1.54) is 14.0 Å². The molecule has 1 aromatic carbocycles. The minimum absolute atomic E-state index is 0.0418. The van der Waals surface area contributed by atoms with Crippen molar-refractivity contribution >= 4 is 52.2 Å². The average molecular weight is 381 g/mol.